The zero-order chi connectivity index (χ0) is 64.1. The van der Waals surface area contributed by atoms with Crippen molar-refractivity contribution in [2.45, 2.75) is 139 Å². The second kappa shape index (κ2) is 17.0. The number of alkyl halides is 33. The summed E-state index contributed by atoms with van der Waals surface area (Å²) in [7, 11) is -24.7. The van der Waals surface area contributed by atoms with E-state index in [0.717, 1.165) is 0 Å². The smallest absolute Gasteiger partial charge is 0.403 e. The summed E-state index contributed by atoms with van der Waals surface area (Å²) in [6.07, 6.45) is -14.7. The molecule has 3 rings (SSSR count). The van der Waals surface area contributed by atoms with Crippen molar-refractivity contribution < 1.29 is 195 Å². The van der Waals surface area contributed by atoms with Crippen LogP contribution >= 0.6 is 0 Å². The second-order valence-electron chi connectivity index (χ2n) is 17.3. The molecule has 0 atom stereocenters. The van der Waals surface area contributed by atoms with Gasteiger partial charge >= 0.3 is 133 Å². The molecule has 79 heavy (non-hydrogen) atoms. The summed E-state index contributed by atoms with van der Waals surface area (Å²) in [5.41, 5.74) is -26.0. The maximum Gasteiger partial charge on any atom is 0.449 e. The Kier molecular flexibility index (Phi) is 14.8. The second-order valence-corrected chi connectivity index (χ2v) is 27.8. The molecule has 3 aliphatic rings. The molecule has 3 fully saturated rings. The van der Waals surface area contributed by atoms with Crippen LogP contribution in [0.5, 0.6) is 0 Å². The number of carbonyl (C=O) groups excluding carboxylic acids is 6. The highest BCUT2D eigenvalue weighted by atomic mass is 28.5. The van der Waals surface area contributed by atoms with E-state index in [4.69, 9.17) is 0 Å². The van der Waals surface area contributed by atoms with Crippen LogP contribution in [0.15, 0.2) is 0 Å². The molecule has 50 heteroatoms. The van der Waals surface area contributed by atoms with Gasteiger partial charge in [0.15, 0.2) is 0 Å². The van der Waals surface area contributed by atoms with Gasteiger partial charge in [-0.2, -0.15) is 132 Å². The van der Waals surface area contributed by atoms with E-state index in [0.29, 0.717) is 0 Å². The first-order chi connectivity index (χ1) is 33.8. The highest BCUT2D eigenvalue weighted by Gasteiger charge is 3.06. The van der Waals surface area contributed by atoms with Crippen LogP contribution in [0.25, 0.3) is 0 Å². The van der Waals surface area contributed by atoms with Crippen LogP contribution in [0.1, 0.15) is 0 Å². The number of amides is 6. The van der Waals surface area contributed by atoms with Gasteiger partial charge in [-0.3, -0.25) is 23.5 Å². The third kappa shape index (κ3) is 7.13. The molecule has 0 spiro atoms. The predicted molar refractivity (Wildman–Crippen MR) is 175 cm³/mol. The zero-order valence-electron chi connectivity index (χ0n) is 36.7. The maximum absolute atomic E-state index is 16.3. The van der Waals surface area contributed by atoms with Crippen molar-refractivity contribution in [3.8, 4) is 0 Å². The molecule has 0 aromatic rings. The van der Waals surface area contributed by atoms with Crippen LogP contribution in [0.3, 0.4) is 0 Å². The molecule has 0 aromatic carbocycles. The molecule has 6 amide bonds. The minimum Gasteiger partial charge on any atom is -0.403 e. The van der Waals surface area contributed by atoms with Crippen molar-refractivity contribution in [1.82, 2.24) is 13.7 Å². The highest BCUT2D eigenvalue weighted by Crippen LogP contribution is 2.73. The maximum atomic E-state index is 16.3. The van der Waals surface area contributed by atoms with E-state index in [1.54, 1.807) is 0 Å². The van der Waals surface area contributed by atoms with Crippen molar-refractivity contribution >= 4 is 61.9 Å². The molecule has 0 heterocycles. The number of rotatable bonds is 10. The van der Waals surface area contributed by atoms with Gasteiger partial charge in [0, 0.05) is 0 Å². The number of nitrogens with zero attached hydrogens (tertiary/aromatic N) is 3. The molecule has 11 nitrogen and oxygen atoms in total. The van der Waals surface area contributed by atoms with Gasteiger partial charge in [0.2, 0.25) is 0 Å². The Morgan fingerprint density at radius 2 is 0.380 bits per heavy atom. The van der Waals surface area contributed by atoms with Crippen LogP contribution in [-0.2, 0) is 22.6 Å². The highest BCUT2D eigenvalue weighted by molar-refractivity contribution is 6.89. The van der Waals surface area contributed by atoms with E-state index in [-0.39, 0.29) is 0 Å². The number of hydrogen-bond acceptors (Lipinski definition) is 8. The van der Waals surface area contributed by atoms with Gasteiger partial charge in [-0.15, -0.1) is 13.2 Å². The zero-order valence-corrected chi connectivity index (χ0v) is 39.7. The van der Waals surface area contributed by atoms with Crippen molar-refractivity contribution in [1.29, 1.82) is 0 Å². The fourth-order valence-corrected chi connectivity index (χ4v) is 20.0. The van der Waals surface area contributed by atoms with E-state index in [1.807, 2.05) is 0 Å². The van der Waals surface area contributed by atoms with E-state index < -0.39 is 214 Å². The van der Waals surface area contributed by atoms with Gasteiger partial charge in [0.1, 0.15) is 0 Å². The molecule has 0 saturated heterocycles. The average molecular weight is 1300 g/mol. The minimum atomic E-state index is -8.97. The number of carbonyl (C=O) groups is 6. The topological polar surface area (TPSA) is 131 Å². The van der Waals surface area contributed by atoms with Gasteiger partial charge < -0.3 is 8.23 Å². The Labute approximate surface area is 409 Å². The molecular weight excluding hydrogens is 1290 g/mol. The third-order valence-electron chi connectivity index (χ3n) is 11.7. The number of imide groups is 3. The van der Waals surface area contributed by atoms with Gasteiger partial charge in [-0.25, -0.2) is 32.1 Å². The Balaban J connectivity index is 2.69. The first kappa shape index (κ1) is 68.7. The number of halogens is 36. The SMILES string of the molecule is C[Si](C)(O[Si](C)(O[Si](C)(C)N(C(=O)F)C(=O)C1(F)C(F)(F)C(F)(F)C(F)(F)C(F)(F)C1(F)F)N(C(=O)F)C(=O)C1(F)C(F)(F)C(F)(F)C(F)(F)C(F)(F)C1(F)F)N(C(=O)F)C(=O)C1(F)C(F)(F)C(F)(F)C(F)(F)C(F)(F)C1(F)F. The standard InChI is InChI=1S/C29H15F36N3O8Si3/c1-77(2,66(9(30)72)6(69)12(33)15(36,37)21(48,49)27(60,61)22(50,51)16(12,38)39)75-79(5,68(11(32)74)8(71)14(35)19(44,45)25(56,57)29(64,65)26(58,59)20(14,46)47)76-78(3,4)67(10(31)73)7(70)13(34)17(40,41)23(52,53)28(62,63)24(54,55)18(13,42)43/h1-5H3. The van der Waals surface area contributed by atoms with Gasteiger partial charge in [-0.05, 0) is 32.7 Å². The van der Waals surface area contributed by atoms with Crippen LogP contribution in [0.2, 0.25) is 32.7 Å². The first-order valence-electron chi connectivity index (χ1n) is 18.6. The fourth-order valence-electron chi connectivity index (χ4n) is 7.56. The van der Waals surface area contributed by atoms with Crippen LogP contribution in [-0.4, -0.2) is 181 Å². The summed E-state index contributed by atoms with van der Waals surface area (Å²) >= 11 is 0. The lowest BCUT2D eigenvalue weighted by Crippen LogP contribution is -2.88. The van der Waals surface area contributed by atoms with Crippen molar-refractivity contribution in [2.24, 2.45) is 0 Å². The minimum absolute atomic E-state index is 1.06. The van der Waals surface area contributed by atoms with Crippen LogP contribution in [0.4, 0.5) is 172 Å². The third-order valence-corrected chi connectivity index (χ3v) is 22.8. The Bertz CT molecular complexity index is 2400. The van der Waals surface area contributed by atoms with E-state index in [2.05, 4.69) is 8.23 Å². The van der Waals surface area contributed by atoms with Gasteiger partial charge in [0.25, 0.3) is 34.7 Å². The van der Waals surface area contributed by atoms with Crippen molar-refractivity contribution in [3.05, 3.63) is 0 Å². The Morgan fingerprint density at radius 1 is 0.253 bits per heavy atom. The van der Waals surface area contributed by atoms with E-state index >= 15 is 35.1 Å². The molecule has 0 unspecified atom stereocenters. The first-order valence-corrected chi connectivity index (χ1v) is 26.6. The molecule has 0 aliphatic heterocycles. The van der Waals surface area contributed by atoms with Gasteiger partial charge in [0.05, 0.1) is 0 Å². The lowest BCUT2D eigenvalue weighted by atomic mass is 9.71. The van der Waals surface area contributed by atoms with Crippen molar-refractivity contribution in [3.63, 3.8) is 0 Å². The Hall–Kier alpha value is -4.53. The molecule has 0 N–H and O–H groups in total. The molecule has 3 saturated carbocycles. The molecule has 0 bridgehead atoms. The lowest BCUT2D eigenvalue weighted by molar-refractivity contribution is -0.476. The van der Waals surface area contributed by atoms with E-state index in [9.17, 15) is 152 Å². The molecule has 0 aromatic heterocycles. The predicted octanol–water partition coefficient (Wildman–Crippen LogP) is 11.4. The fraction of sp³-hybridized carbons (Fsp3) is 0.793. The normalized spacial score (nSPS) is 27.8. The average Bonchev–Trinajstić information content (AvgIpc) is 3.21. The monoisotopic (exact) mass is 1300 g/mol. The Morgan fingerprint density at radius 3 is 0.519 bits per heavy atom. The summed E-state index contributed by atoms with van der Waals surface area (Å²) < 4.78 is 529. The molecular formula is C29H15F36N3O8Si3. The van der Waals surface area contributed by atoms with Gasteiger partial charge in [-0.1, -0.05) is 0 Å². The summed E-state index contributed by atoms with van der Waals surface area (Å²) in [4.78, 5) is 76.3. The molecule has 0 radical (unpaired) electrons. The number of hydrogen-bond donors (Lipinski definition) is 0. The molecule has 458 valence electrons. The van der Waals surface area contributed by atoms with Crippen LogP contribution < -0.4 is 0 Å². The summed E-state index contributed by atoms with van der Waals surface area (Å²) in [5.74, 6) is -146. The molecule has 3 aliphatic carbocycles. The summed E-state index contributed by atoms with van der Waals surface area (Å²) in [6, 6.07) is 0. The van der Waals surface area contributed by atoms with Crippen molar-refractivity contribution in [2.75, 3.05) is 0 Å². The summed E-state index contributed by atoms with van der Waals surface area (Å²) in [6.45, 7) is -5.69. The summed E-state index contributed by atoms with van der Waals surface area (Å²) in [5, 5.41) is 0. The lowest BCUT2D eigenvalue weighted by Gasteiger charge is -2.54. The quantitative estimate of drug-likeness (QED) is 0.0915. The van der Waals surface area contributed by atoms with E-state index in [1.165, 1.54) is 0 Å². The largest absolute Gasteiger partial charge is 0.449 e. The van der Waals surface area contributed by atoms with Crippen LogP contribution in [0, 0.1) is 0 Å².